The van der Waals surface area contributed by atoms with Gasteiger partial charge < -0.3 is 10.2 Å². The number of nitrogens with two attached hydrogens (primary N) is 1. The molecule has 0 spiro atoms. The Balaban J connectivity index is 2.46. The van der Waals surface area contributed by atoms with Crippen LogP contribution in [0.1, 0.15) is 39.8 Å². The molecule has 2 rings (SSSR count). The molecule has 0 bridgehead atoms. The minimum Gasteiger partial charge on any atom is -0.466 e. The molecule has 2 N–H and O–H groups in total. The van der Waals surface area contributed by atoms with Crippen LogP contribution in [-0.2, 0) is 0 Å². The molecule has 2 nitrogen and oxygen atoms in total. The highest BCUT2D eigenvalue weighted by atomic mass is 19.1. The monoisotopic (exact) mass is 247 g/mol. The fourth-order valence-electron chi connectivity index (χ4n) is 2.30. The van der Waals surface area contributed by atoms with Crippen molar-refractivity contribution in [2.24, 2.45) is 5.73 Å². The van der Waals surface area contributed by atoms with Crippen molar-refractivity contribution in [1.82, 2.24) is 0 Å². The maximum atomic E-state index is 13.6. The van der Waals surface area contributed by atoms with Gasteiger partial charge in [-0.2, -0.15) is 0 Å². The molecule has 0 saturated carbocycles. The third kappa shape index (κ3) is 2.18. The maximum absolute atomic E-state index is 13.6. The molecule has 3 heteroatoms. The molecular formula is C15H18FNO. The number of aryl methyl sites for hydroxylation is 4. The van der Waals surface area contributed by atoms with Gasteiger partial charge >= 0.3 is 0 Å². The molecule has 0 aliphatic heterocycles. The fourth-order valence-corrected chi connectivity index (χ4v) is 2.30. The zero-order valence-corrected chi connectivity index (χ0v) is 11.2. The second kappa shape index (κ2) is 4.58. The Hall–Kier alpha value is -1.61. The van der Waals surface area contributed by atoms with Crippen molar-refractivity contribution in [2.45, 2.75) is 33.7 Å². The van der Waals surface area contributed by atoms with Crippen molar-refractivity contribution in [3.05, 3.63) is 57.8 Å². The Kier molecular flexibility index (Phi) is 3.26. The highest BCUT2D eigenvalue weighted by molar-refractivity contribution is 5.38. The van der Waals surface area contributed by atoms with E-state index in [1.807, 2.05) is 19.9 Å². The number of hydrogen-bond acceptors (Lipinski definition) is 2. The van der Waals surface area contributed by atoms with Crippen LogP contribution in [0.25, 0.3) is 0 Å². The highest BCUT2D eigenvalue weighted by Gasteiger charge is 2.17. The van der Waals surface area contributed by atoms with Crippen molar-refractivity contribution < 1.29 is 8.81 Å². The molecule has 96 valence electrons. The first-order chi connectivity index (χ1) is 8.40. The SMILES string of the molecule is Cc1cc(C(N)c2cc(C)c(F)c(C)c2)c(C)o1. The summed E-state index contributed by atoms with van der Waals surface area (Å²) in [5, 5.41) is 0. The molecule has 0 aliphatic carbocycles. The summed E-state index contributed by atoms with van der Waals surface area (Å²) in [7, 11) is 0. The Morgan fingerprint density at radius 3 is 2.06 bits per heavy atom. The minimum absolute atomic E-state index is 0.161. The summed E-state index contributed by atoms with van der Waals surface area (Å²) in [6, 6.07) is 5.26. The Morgan fingerprint density at radius 1 is 1.06 bits per heavy atom. The Labute approximate surface area is 107 Å². The molecule has 1 aromatic carbocycles. The third-order valence-corrected chi connectivity index (χ3v) is 3.23. The van der Waals surface area contributed by atoms with Gasteiger partial charge in [-0.15, -0.1) is 0 Å². The topological polar surface area (TPSA) is 39.2 Å². The second-order valence-corrected chi connectivity index (χ2v) is 4.81. The third-order valence-electron chi connectivity index (χ3n) is 3.23. The van der Waals surface area contributed by atoms with E-state index in [0.29, 0.717) is 11.1 Å². The van der Waals surface area contributed by atoms with Crippen LogP contribution in [0.4, 0.5) is 4.39 Å². The van der Waals surface area contributed by atoms with E-state index in [2.05, 4.69) is 0 Å². The summed E-state index contributed by atoms with van der Waals surface area (Å²) in [5.41, 5.74) is 9.35. The van der Waals surface area contributed by atoms with Crippen molar-refractivity contribution >= 4 is 0 Å². The molecule has 0 amide bonds. The summed E-state index contributed by atoms with van der Waals surface area (Å²) < 4.78 is 19.1. The van der Waals surface area contributed by atoms with Gasteiger partial charge in [0.2, 0.25) is 0 Å². The molecule has 18 heavy (non-hydrogen) atoms. The van der Waals surface area contributed by atoms with Crippen LogP contribution in [-0.4, -0.2) is 0 Å². The van der Waals surface area contributed by atoms with E-state index in [9.17, 15) is 4.39 Å². The molecule has 1 aromatic heterocycles. The van der Waals surface area contributed by atoms with Crippen molar-refractivity contribution in [3.63, 3.8) is 0 Å². The van der Waals surface area contributed by atoms with Gasteiger partial charge in [-0.1, -0.05) is 12.1 Å². The molecule has 1 unspecified atom stereocenters. The molecule has 0 fully saturated rings. The molecule has 0 aliphatic rings. The summed E-state index contributed by atoms with van der Waals surface area (Å²) in [6.45, 7) is 7.30. The summed E-state index contributed by atoms with van der Waals surface area (Å²) >= 11 is 0. The van der Waals surface area contributed by atoms with Gasteiger partial charge in [0.25, 0.3) is 0 Å². The zero-order valence-electron chi connectivity index (χ0n) is 11.2. The number of halogens is 1. The number of furan rings is 1. The van der Waals surface area contributed by atoms with E-state index in [1.165, 1.54) is 0 Å². The van der Waals surface area contributed by atoms with Crippen LogP contribution in [0.3, 0.4) is 0 Å². The summed E-state index contributed by atoms with van der Waals surface area (Å²) in [6.07, 6.45) is 0. The lowest BCUT2D eigenvalue weighted by Gasteiger charge is -2.14. The van der Waals surface area contributed by atoms with Crippen LogP contribution < -0.4 is 5.73 Å². The molecule has 1 heterocycles. The first kappa shape index (κ1) is 12.8. The summed E-state index contributed by atoms with van der Waals surface area (Å²) in [5.74, 6) is 1.50. The number of hydrogen-bond donors (Lipinski definition) is 1. The van der Waals surface area contributed by atoms with Crippen LogP contribution in [0.5, 0.6) is 0 Å². The van der Waals surface area contributed by atoms with Gasteiger partial charge in [-0.25, -0.2) is 4.39 Å². The first-order valence-corrected chi connectivity index (χ1v) is 5.99. The number of benzene rings is 1. The standard InChI is InChI=1S/C15H18FNO/c1-8-5-12(6-9(2)14(8)16)15(17)13-7-10(3)18-11(13)4/h5-7,15H,17H2,1-4H3. The van der Waals surface area contributed by atoms with Gasteiger partial charge in [-0.05, 0) is 50.5 Å². The van der Waals surface area contributed by atoms with Crippen molar-refractivity contribution in [2.75, 3.05) is 0 Å². The number of rotatable bonds is 2. The largest absolute Gasteiger partial charge is 0.466 e. The van der Waals surface area contributed by atoms with Crippen LogP contribution in [0.15, 0.2) is 22.6 Å². The lowest BCUT2D eigenvalue weighted by Crippen LogP contribution is -2.13. The van der Waals surface area contributed by atoms with E-state index >= 15 is 0 Å². The molecule has 1 atom stereocenters. The van der Waals surface area contributed by atoms with E-state index in [-0.39, 0.29) is 11.9 Å². The molecule has 2 aromatic rings. The predicted octanol–water partition coefficient (Wildman–Crippen LogP) is 3.70. The highest BCUT2D eigenvalue weighted by Crippen LogP contribution is 2.27. The second-order valence-electron chi connectivity index (χ2n) is 4.81. The van der Waals surface area contributed by atoms with Crippen LogP contribution in [0.2, 0.25) is 0 Å². The van der Waals surface area contributed by atoms with Gasteiger partial charge in [0.1, 0.15) is 17.3 Å². The normalized spacial score (nSPS) is 12.8. The van der Waals surface area contributed by atoms with Gasteiger partial charge in [0.15, 0.2) is 0 Å². The van der Waals surface area contributed by atoms with Crippen molar-refractivity contribution in [3.8, 4) is 0 Å². The van der Waals surface area contributed by atoms with E-state index in [1.54, 1.807) is 26.0 Å². The van der Waals surface area contributed by atoms with E-state index < -0.39 is 0 Å². The van der Waals surface area contributed by atoms with Crippen LogP contribution >= 0.6 is 0 Å². The molecule has 0 saturated heterocycles. The predicted molar refractivity (Wildman–Crippen MR) is 70.1 cm³/mol. The summed E-state index contributed by atoms with van der Waals surface area (Å²) in [4.78, 5) is 0. The average molecular weight is 247 g/mol. The fraction of sp³-hybridized carbons (Fsp3) is 0.333. The van der Waals surface area contributed by atoms with E-state index in [0.717, 1.165) is 22.6 Å². The lowest BCUT2D eigenvalue weighted by molar-refractivity contribution is 0.499. The quantitative estimate of drug-likeness (QED) is 0.878. The van der Waals surface area contributed by atoms with Crippen molar-refractivity contribution in [1.29, 1.82) is 0 Å². The van der Waals surface area contributed by atoms with Gasteiger partial charge in [0.05, 0.1) is 6.04 Å². The molecular weight excluding hydrogens is 229 g/mol. The molecule has 0 radical (unpaired) electrons. The first-order valence-electron chi connectivity index (χ1n) is 5.99. The minimum atomic E-state index is -0.277. The van der Waals surface area contributed by atoms with Crippen LogP contribution in [0, 0.1) is 33.5 Å². The average Bonchev–Trinajstić information content (AvgIpc) is 2.63. The maximum Gasteiger partial charge on any atom is 0.129 e. The van der Waals surface area contributed by atoms with E-state index in [4.69, 9.17) is 10.2 Å². The zero-order chi connectivity index (χ0) is 13.4. The smallest absolute Gasteiger partial charge is 0.129 e. The van der Waals surface area contributed by atoms with Gasteiger partial charge in [0, 0.05) is 5.56 Å². The van der Waals surface area contributed by atoms with Gasteiger partial charge in [-0.3, -0.25) is 0 Å². The lowest BCUT2D eigenvalue weighted by atomic mass is 9.96. The Morgan fingerprint density at radius 2 is 1.61 bits per heavy atom. The Bertz CT molecular complexity index is 563.